The van der Waals surface area contributed by atoms with E-state index in [1.165, 1.54) is 17.7 Å². The maximum Gasteiger partial charge on any atom is 0.0462 e. The third-order valence-corrected chi connectivity index (χ3v) is 3.00. The van der Waals surface area contributed by atoms with Crippen LogP contribution >= 0.6 is 0 Å². The summed E-state index contributed by atoms with van der Waals surface area (Å²) < 4.78 is 0. The van der Waals surface area contributed by atoms with Crippen LogP contribution in [0.2, 0.25) is 0 Å². The summed E-state index contributed by atoms with van der Waals surface area (Å²) in [7, 11) is 0. The lowest BCUT2D eigenvalue weighted by Crippen LogP contribution is -2.06. The van der Waals surface area contributed by atoms with Crippen molar-refractivity contribution in [3.8, 4) is 0 Å². The zero-order valence-electron chi connectivity index (χ0n) is 8.53. The van der Waals surface area contributed by atoms with E-state index < -0.39 is 0 Å². The Morgan fingerprint density at radius 3 is 2.79 bits per heavy atom. The molecule has 0 radical (unpaired) electrons. The third kappa shape index (κ3) is 2.07. The molecule has 2 atom stereocenters. The monoisotopic (exact) mass is 191 g/mol. The van der Waals surface area contributed by atoms with Crippen LogP contribution in [-0.2, 0) is 0 Å². The lowest BCUT2D eigenvalue weighted by molar-refractivity contribution is 0.270. The van der Waals surface area contributed by atoms with Crippen molar-refractivity contribution in [2.24, 2.45) is 11.8 Å². The van der Waals surface area contributed by atoms with E-state index in [0.29, 0.717) is 18.4 Å². The number of hydrogen-bond acceptors (Lipinski definition) is 2. The minimum Gasteiger partial charge on any atom is -0.396 e. The maximum absolute atomic E-state index is 8.90. The van der Waals surface area contributed by atoms with Gasteiger partial charge >= 0.3 is 0 Å². The van der Waals surface area contributed by atoms with Gasteiger partial charge in [-0.05, 0) is 36.8 Å². The highest BCUT2D eigenvalue weighted by molar-refractivity contribution is 5.50. The molecular weight excluding hydrogens is 174 g/mol. The van der Waals surface area contributed by atoms with Crippen LogP contribution in [-0.4, -0.2) is 18.3 Å². The largest absolute Gasteiger partial charge is 0.396 e. The normalized spacial score (nSPS) is 24.7. The molecule has 0 bridgehead atoms. The molecule has 14 heavy (non-hydrogen) atoms. The molecule has 0 amide bonds. The SMILES string of the molecule is Cc1ccccc1NC[C@@H]1C[C@H]1CO. The average Bonchev–Trinajstić information content (AvgIpc) is 2.95. The van der Waals surface area contributed by atoms with Crippen LogP contribution in [0.15, 0.2) is 24.3 Å². The van der Waals surface area contributed by atoms with E-state index in [2.05, 4.69) is 24.4 Å². The number of aryl methyl sites for hydroxylation is 1. The summed E-state index contributed by atoms with van der Waals surface area (Å²) in [4.78, 5) is 0. The van der Waals surface area contributed by atoms with Gasteiger partial charge in [0, 0.05) is 18.8 Å². The molecule has 0 spiro atoms. The van der Waals surface area contributed by atoms with Gasteiger partial charge in [-0.15, -0.1) is 0 Å². The van der Waals surface area contributed by atoms with Gasteiger partial charge in [0.2, 0.25) is 0 Å². The predicted octanol–water partition coefficient (Wildman–Crippen LogP) is 2.04. The van der Waals surface area contributed by atoms with Crippen molar-refractivity contribution in [3.63, 3.8) is 0 Å². The summed E-state index contributed by atoms with van der Waals surface area (Å²) in [5, 5.41) is 12.3. The van der Waals surface area contributed by atoms with Crippen molar-refractivity contribution in [2.45, 2.75) is 13.3 Å². The van der Waals surface area contributed by atoms with E-state index in [9.17, 15) is 0 Å². The van der Waals surface area contributed by atoms with E-state index in [1.807, 2.05) is 12.1 Å². The second kappa shape index (κ2) is 4.01. The minimum atomic E-state index is 0.347. The molecule has 1 aliphatic carbocycles. The van der Waals surface area contributed by atoms with Crippen molar-refractivity contribution >= 4 is 5.69 Å². The Kier molecular flexibility index (Phi) is 2.73. The van der Waals surface area contributed by atoms with Crippen molar-refractivity contribution in [1.29, 1.82) is 0 Å². The molecule has 2 nitrogen and oxygen atoms in total. The number of para-hydroxylation sites is 1. The highest BCUT2D eigenvalue weighted by Crippen LogP contribution is 2.37. The summed E-state index contributed by atoms with van der Waals surface area (Å²) >= 11 is 0. The van der Waals surface area contributed by atoms with Crippen LogP contribution in [0, 0.1) is 18.8 Å². The molecule has 1 aliphatic rings. The molecule has 1 aromatic rings. The number of aliphatic hydroxyl groups excluding tert-OH is 1. The van der Waals surface area contributed by atoms with Crippen molar-refractivity contribution in [1.82, 2.24) is 0 Å². The summed E-state index contributed by atoms with van der Waals surface area (Å²) in [5.74, 6) is 1.23. The van der Waals surface area contributed by atoms with Gasteiger partial charge in [0.1, 0.15) is 0 Å². The smallest absolute Gasteiger partial charge is 0.0462 e. The first-order chi connectivity index (χ1) is 6.81. The summed E-state index contributed by atoms with van der Waals surface area (Å²) in [5.41, 5.74) is 2.50. The van der Waals surface area contributed by atoms with Gasteiger partial charge in [0.05, 0.1) is 0 Å². The van der Waals surface area contributed by atoms with Gasteiger partial charge in [0.25, 0.3) is 0 Å². The summed E-state index contributed by atoms with van der Waals surface area (Å²) in [6.07, 6.45) is 1.18. The fraction of sp³-hybridized carbons (Fsp3) is 0.500. The molecule has 2 rings (SSSR count). The lowest BCUT2D eigenvalue weighted by Gasteiger charge is -2.08. The fourth-order valence-corrected chi connectivity index (χ4v) is 1.80. The highest BCUT2D eigenvalue weighted by Gasteiger charge is 2.35. The second-order valence-electron chi connectivity index (χ2n) is 4.13. The molecule has 1 fully saturated rings. The molecule has 0 aliphatic heterocycles. The van der Waals surface area contributed by atoms with Crippen molar-refractivity contribution in [2.75, 3.05) is 18.5 Å². The van der Waals surface area contributed by atoms with Gasteiger partial charge < -0.3 is 10.4 Å². The van der Waals surface area contributed by atoms with Crippen LogP contribution in [0.4, 0.5) is 5.69 Å². The molecule has 1 aromatic carbocycles. The number of nitrogens with one attached hydrogen (secondary N) is 1. The number of rotatable bonds is 4. The molecule has 0 saturated heterocycles. The van der Waals surface area contributed by atoms with Gasteiger partial charge in [-0.1, -0.05) is 18.2 Å². The molecule has 76 valence electrons. The zero-order valence-corrected chi connectivity index (χ0v) is 8.53. The van der Waals surface area contributed by atoms with E-state index in [0.717, 1.165) is 6.54 Å². The lowest BCUT2D eigenvalue weighted by atomic mass is 10.2. The molecule has 1 saturated carbocycles. The number of anilines is 1. The predicted molar refractivity (Wildman–Crippen MR) is 58.4 cm³/mol. The van der Waals surface area contributed by atoms with Crippen LogP contribution in [0.5, 0.6) is 0 Å². The molecule has 0 unspecified atom stereocenters. The molecule has 0 aromatic heterocycles. The van der Waals surface area contributed by atoms with E-state index in [1.54, 1.807) is 0 Å². The van der Waals surface area contributed by atoms with Crippen molar-refractivity contribution in [3.05, 3.63) is 29.8 Å². The van der Waals surface area contributed by atoms with Gasteiger partial charge in [0.15, 0.2) is 0 Å². The quantitative estimate of drug-likeness (QED) is 0.763. The first-order valence-corrected chi connectivity index (χ1v) is 5.21. The molecule has 2 N–H and O–H groups in total. The Labute approximate surface area is 85.0 Å². The number of hydrogen-bond donors (Lipinski definition) is 2. The van der Waals surface area contributed by atoms with E-state index >= 15 is 0 Å². The average molecular weight is 191 g/mol. The summed E-state index contributed by atoms with van der Waals surface area (Å²) in [6, 6.07) is 8.31. The molecule has 0 heterocycles. The Balaban J connectivity index is 1.84. The first-order valence-electron chi connectivity index (χ1n) is 5.21. The first kappa shape index (κ1) is 9.53. The number of benzene rings is 1. The van der Waals surface area contributed by atoms with Crippen LogP contribution < -0.4 is 5.32 Å². The van der Waals surface area contributed by atoms with E-state index in [4.69, 9.17) is 5.11 Å². The zero-order chi connectivity index (χ0) is 9.97. The van der Waals surface area contributed by atoms with Crippen LogP contribution in [0.1, 0.15) is 12.0 Å². The highest BCUT2D eigenvalue weighted by atomic mass is 16.3. The van der Waals surface area contributed by atoms with Gasteiger partial charge in [-0.2, -0.15) is 0 Å². The van der Waals surface area contributed by atoms with E-state index in [-0.39, 0.29) is 0 Å². The number of aliphatic hydroxyl groups is 1. The van der Waals surface area contributed by atoms with Gasteiger partial charge in [-0.3, -0.25) is 0 Å². The topological polar surface area (TPSA) is 32.3 Å². The molecular formula is C12H17NO. The minimum absolute atomic E-state index is 0.347. The second-order valence-corrected chi connectivity index (χ2v) is 4.13. The third-order valence-electron chi connectivity index (χ3n) is 3.00. The maximum atomic E-state index is 8.90. The Hall–Kier alpha value is -1.02. The van der Waals surface area contributed by atoms with Crippen molar-refractivity contribution < 1.29 is 5.11 Å². The summed E-state index contributed by atoms with van der Waals surface area (Å²) in [6.45, 7) is 3.45. The fourth-order valence-electron chi connectivity index (χ4n) is 1.80. The van der Waals surface area contributed by atoms with Crippen LogP contribution in [0.25, 0.3) is 0 Å². The standard InChI is InChI=1S/C12H17NO/c1-9-4-2-3-5-12(9)13-7-10-6-11(10)8-14/h2-5,10-11,13-14H,6-8H2,1H3/t10-,11-/m0/s1. The van der Waals surface area contributed by atoms with Crippen LogP contribution in [0.3, 0.4) is 0 Å². The Bertz CT molecular complexity index is 311. The van der Waals surface area contributed by atoms with Gasteiger partial charge in [-0.25, -0.2) is 0 Å². The Morgan fingerprint density at radius 1 is 1.36 bits per heavy atom. The molecule has 2 heteroatoms. The Morgan fingerprint density at radius 2 is 2.14 bits per heavy atom.